The van der Waals surface area contributed by atoms with Crippen LogP contribution in [0.25, 0.3) is 33.1 Å². The van der Waals surface area contributed by atoms with Gasteiger partial charge in [-0.2, -0.15) is 0 Å². The number of nitrogens with two attached hydrogens (primary N) is 1. The molecule has 1 saturated heterocycles. The molecular formula is C34H31BrClN5O. The molecule has 0 atom stereocenters. The number of amides is 1. The Kier molecular flexibility index (Phi) is 8.59. The lowest BCUT2D eigenvalue weighted by Gasteiger charge is -2.23. The lowest BCUT2D eigenvalue weighted by molar-refractivity contribution is 0.0952. The van der Waals surface area contributed by atoms with E-state index in [0.29, 0.717) is 52.4 Å². The number of halogens is 2. The van der Waals surface area contributed by atoms with Crippen molar-refractivity contribution in [1.82, 2.24) is 20.2 Å². The molecule has 3 aromatic carbocycles. The smallest absolute Gasteiger partial charge is 0.252 e. The summed E-state index contributed by atoms with van der Waals surface area (Å²) in [5.41, 5.74) is 12.2. The van der Waals surface area contributed by atoms with Gasteiger partial charge in [0.2, 0.25) is 0 Å². The number of nitrogens with one attached hydrogen (secondary N) is 2. The van der Waals surface area contributed by atoms with Crippen LogP contribution in [-0.2, 0) is 13.1 Å². The van der Waals surface area contributed by atoms with E-state index in [1.165, 1.54) is 19.3 Å². The van der Waals surface area contributed by atoms with Crippen molar-refractivity contribution in [3.63, 3.8) is 0 Å². The third-order valence-electron chi connectivity index (χ3n) is 7.75. The molecule has 0 unspecified atom stereocenters. The highest BCUT2D eigenvalue weighted by molar-refractivity contribution is 9.10. The number of rotatable bonds is 6. The lowest BCUT2D eigenvalue weighted by Crippen LogP contribution is -2.29. The van der Waals surface area contributed by atoms with E-state index in [0.717, 1.165) is 45.2 Å². The standard InChI is InChI=1S/C34H31BrClN5O/c35-25-10-11-31-27(16-25)29(21-38-31)32-17-28(34(42)39-20-23-8-6-22(19-37)7-9-23)26-15-24(30(36)18-33(26)40-32)5-4-14-41-12-2-1-3-13-41/h6-11,15-18,21,38H,1-3,12-14,19-20,37H2,(H,39,42). The van der Waals surface area contributed by atoms with Crippen LogP contribution >= 0.6 is 27.5 Å². The number of aromatic nitrogens is 2. The van der Waals surface area contributed by atoms with E-state index in [1.54, 1.807) is 0 Å². The summed E-state index contributed by atoms with van der Waals surface area (Å²) < 4.78 is 0.964. The van der Waals surface area contributed by atoms with Crippen LogP contribution in [0.2, 0.25) is 5.02 Å². The Balaban J connectivity index is 1.39. The number of nitrogens with zero attached hydrogens (tertiary/aromatic N) is 2. The number of carbonyl (C=O) groups excluding carboxylic acids is 1. The van der Waals surface area contributed by atoms with Crippen LogP contribution in [0.5, 0.6) is 0 Å². The number of fused-ring (bicyclic) bond motifs is 2. The molecule has 212 valence electrons. The third-order valence-corrected chi connectivity index (χ3v) is 8.55. The summed E-state index contributed by atoms with van der Waals surface area (Å²) in [5, 5.41) is 5.33. The second kappa shape index (κ2) is 12.7. The van der Waals surface area contributed by atoms with E-state index in [2.05, 4.69) is 43.0 Å². The molecule has 0 bridgehead atoms. The van der Waals surface area contributed by atoms with Crippen molar-refractivity contribution in [2.45, 2.75) is 32.4 Å². The molecule has 42 heavy (non-hydrogen) atoms. The van der Waals surface area contributed by atoms with Crippen molar-refractivity contribution in [2.24, 2.45) is 5.73 Å². The van der Waals surface area contributed by atoms with Gasteiger partial charge in [-0.25, -0.2) is 4.98 Å². The number of likely N-dealkylation sites (tertiary alicyclic amines) is 1. The molecule has 0 saturated carbocycles. The molecule has 8 heteroatoms. The molecular weight excluding hydrogens is 610 g/mol. The third kappa shape index (κ3) is 6.23. The molecule has 0 spiro atoms. The number of H-pyrrole nitrogens is 1. The van der Waals surface area contributed by atoms with Crippen LogP contribution in [-0.4, -0.2) is 40.4 Å². The van der Waals surface area contributed by atoms with Crippen LogP contribution in [0.3, 0.4) is 0 Å². The van der Waals surface area contributed by atoms with Crippen molar-refractivity contribution in [2.75, 3.05) is 19.6 Å². The maximum Gasteiger partial charge on any atom is 0.252 e. The van der Waals surface area contributed by atoms with Gasteiger partial charge in [0.15, 0.2) is 0 Å². The van der Waals surface area contributed by atoms with Crippen LogP contribution < -0.4 is 11.1 Å². The van der Waals surface area contributed by atoms with Crippen molar-refractivity contribution < 1.29 is 4.79 Å². The first-order chi connectivity index (χ1) is 20.5. The number of hydrogen-bond acceptors (Lipinski definition) is 4. The topological polar surface area (TPSA) is 87.0 Å². The van der Waals surface area contributed by atoms with E-state index >= 15 is 0 Å². The highest BCUT2D eigenvalue weighted by Crippen LogP contribution is 2.33. The van der Waals surface area contributed by atoms with Crippen molar-refractivity contribution in [3.8, 4) is 23.1 Å². The molecule has 0 radical (unpaired) electrons. The zero-order valence-corrected chi connectivity index (χ0v) is 25.5. The summed E-state index contributed by atoms with van der Waals surface area (Å²) in [6.45, 7) is 3.73. The highest BCUT2D eigenvalue weighted by atomic mass is 79.9. The first-order valence-electron chi connectivity index (χ1n) is 14.2. The summed E-state index contributed by atoms with van der Waals surface area (Å²) in [6, 6.07) is 19.6. The second-order valence-corrected chi connectivity index (χ2v) is 12.0. The van der Waals surface area contributed by atoms with Gasteiger partial charge in [-0.3, -0.25) is 9.69 Å². The fourth-order valence-corrected chi connectivity index (χ4v) is 5.97. The second-order valence-electron chi connectivity index (χ2n) is 10.6. The molecule has 4 N–H and O–H groups in total. The SMILES string of the molecule is NCc1ccc(CNC(=O)c2cc(-c3c[nH]c4ccc(Br)cc34)nc3cc(Cl)c(C#CCN4CCCCC4)cc23)cc1. The normalized spacial score (nSPS) is 13.7. The van der Waals surface area contributed by atoms with Gasteiger partial charge in [0.1, 0.15) is 0 Å². The van der Waals surface area contributed by atoms with Gasteiger partial charge in [-0.1, -0.05) is 70.1 Å². The molecule has 0 aliphatic carbocycles. The average Bonchev–Trinajstić information content (AvgIpc) is 3.43. The number of hydrogen-bond donors (Lipinski definition) is 3. The van der Waals surface area contributed by atoms with Gasteiger partial charge < -0.3 is 16.0 Å². The van der Waals surface area contributed by atoms with E-state index in [-0.39, 0.29) is 5.91 Å². The monoisotopic (exact) mass is 639 g/mol. The van der Waals surface area contributed by atoms with Crippen LogP contribution in [0.4, 0.5) is 0 Å². The Bertz CT molecular complexity index is 1830. The molecule has 1 aliphatic rings. The molecule has 6 rings (SSSR count). The van der Waals surface area contributed by atoms with Crippen LogP contribution in [0.15, 0.2) is 71.3 Å². The van der Waals surface area contributed by atoms with Crippen molar-refractivity contribution in [1.29, 1.82) is 0 Å². The zero-order valence-electron chi connectivity index (χ0n) is 23.1. The predicted molar refractivity (Wildman–Crippen MR) is 174 cm³/mol. The summed E-state index contributed by atoms with van der Waals surface area (Å²) in [7, 11) is 0. The largest absolute Gasteiger partial charge is 0.360 e. The fraction of sp³-hybridized carbons (Fsp3) is 0.235. The van der Waals surface area contributed by atoms with E-state index < -0.39 is 0 Å². The summed E-state index contributed by atoms with van der Waals surface area (Å²) in [4.78, 5) is 24.4. The van der Waals surface area contributed by atoms with Gasteiger partial charge in [0, 0.05) is 51.2 Å². The minimum atomic E-state index is -0.192. The Morgan fingerprint density at radius 1 is 1.02 bits per heavy atom. The minimum Gasteiger partial charge on any atom is -0.360 e. The quantitative estimate of drug-likeness (QED) is 0.174. The molecule has 6 nitrogen and oxygen atoms in total. The lowest BCUT2D eigenvalue weighted by atomic mass is 10.0. The van der Waals surface area contributed by atoms with Gasteiger partial charge in [0.25, 0.3) is 5.91 Å². The van der Waals surface area contributed by atoms with Gasteiger partial charge >= 0.3 is 0 Å². The highest BCUT2D eigenvalue weighted by Gasteiger charge is 2.18. The number of piperidine rings is 1. The Labute approximate surface area is 258 Å². The molecule has 2 aromatic heterocycles. The Hall–Kier alpha value is -3.67. The maximum atomic E-state index is 13.8. The molecule has 1 amide bonds. The number of pyridine rings is 1. The van der Waals surface area contributed by atoms with Gasteiger partial charge in [0.05, 0.1) is 28.3 Å². The molecule has 1 aliphatic heterocycles. The van der Waals surface area contributed by atoms with E-state index in [9.17, 15) is 4.79 Å². The number of aromatic amines is 1. The van der Waals surface area contributed by atoms with Crippen LogP contribution in [0.1, 0.15) is 46.3 Å². The average molecular weight is 641 g/mol. The molecule has 1 fully saturated rings. The predicted octanol–water partition coefficient (Wildman–Crippen LogP) is 7.03. The Morgan fingerprint density at radius 2 is 1.81 bits per heavy atom. The van der Waals surface area contributed by atoms with E-state index in [4.69, 9.17) is 22.3 Å². The molecule has 3 heterocycles. The Morgan fingerprint density at radius 3 is 2.60 bits per heavy atom. The van der Waals surface area contributed by atoms with Crippen molar-refractivity contribution >= 4 is 55.2 Å². The van der Waals surface area contributed by atoms with Crippen LogP contribution in [0, 0.1) is 11.8 Å². The first kappa shape index (κ1) is 28.4. The fourth-order valence-electron chi connectivity index (χ4n) is 5.41. The summed E-state index contributed by atoms with van der Waals surface area (Å²) in [6.07, 6.45) is 5.65. The number of benzene rings is 3. The number of carbonyl (C=O) groups is 1. The van der Waals surface area contributed by atoms with Gasteiger partial charge in [-0.15, -0.1) is 0 Å². The van der Waals surface area contributed by atoms with E-state index in [1.807, 2.05) is 66.9 Å². The summed E-state index contributed by atoms with van der Waals surface area (Å²) >= 11 is 10.3. The minimum absolute atomic E-state index is 0.192. The molecule has 5 aromatic rings. The maximum absolute atomic E-state index is 13.8. The van der Waals surface area contributed by atoms with Crippen molar-refractivity contribution in [3.05, 3.63) is 98.6 Å². The zero-order chi connectivity index (χ0) is 29.1. The van der Waals surface area contributed by atoms with Gasteiger partial charge in [-0.05, 0) is 73.5 Å². The first-order valence-corrected chi connectivity index (χ1v) is 15.3. The summed E-state index contributed by atoms with van der Waals surface area (Å²) in [5.74, 6) is 6.36.